The van der Waals surface area contributed by atoms with Gasteiger partial charge in [-0.3, -0.25) is 4.90 Å². The molecule has 1 N–H and O–H groups in total. The third-order valence-electron chi connectivity index (χ3n) is 6.27. The fourth-order valence-corrected chi connectivity index (χ4v) is 4.88. The van der Waals surface area contributed by atoms with Crippen molar-refractivity contribution in [1.82, 2.24) is 19.7 Å². The molecule has 1 aliphatic rings. The number of nitrogens with one attached hydrogen (secondary N) is 1. The molecule has 0 spiro atoms. The van der Waals surface area contributed by atoms with Crippen LogP contribution in [0.5, 0.6) is 5.75 Å². The topological polar surface area (TPSA) is 46.1 Å². The van der Waals surface area contributed by atoms with E-state index in [1.807, 2.05) is 42.1 Å². The number of hydrogen-bond donors (Lipinski definition) is 1. The van der Waals surface area contributed by atoms with E-state index in [0.29, 0.717) is 6.61 Å². The zero-order valence-electron chi connectivity index (χ0n) is 19.3. The number of benzene rings is 2. The molecule has 178 valence electrons. The highest BCUT2D eigenvalue weighted by atomic mass is 79.9. The fraction of sp³-hybridized carbons (Fsp3) is 0.296. The van der Waals surface area contributed by atoms with E-state index in [1.54, 1.807) is 0 Å². The van der Waals surface area contributed by atoms with Crippen molar-refractivity contribution in [3.05, 3.63) is 82.7 Å². The van der Waals surface area contributed by atoms with Crippen LogP contribution in [0.3, 0.4) is 0 Å². The van der Waals surface area contributed by atoms with Crippen molar-refractivity contribution in [1.29, 1.82) is 0 Å². The summed E-state index contributed by atoms with van der Waals surface area (Å²) in [5, 5.41) is 5.84. The van der Waals surface area contributed by atoms with E-state index >= 15 is 0 Å². The van der Waals surface area contributed by atoms with Gasteiger partial charge in [0, 0.05) is 46.4 Å². The fourth-order valence-electron chi connectivity index (χ4n) is 4.52. The van der Waals surface area contributed by atoms with E-state index < -0.39 is 0 Å². The average molecular weight is 586 g/mol. The van der Waals surface area contributed by atoms with Gasteiger partial charge in [0.1, 0.15) is 5.75 Å². The molecular weight excluding hydrogens is 556 g/mol. The van der Waals surface area contributed by atoms with Crippen LogP contribution in [0.4, 0.5) is 0 Å². The van der Waals surface area contributed by atoms with Crippen molar-refractivity contribution in [2.24, 2.45) is 0 Å². The predicted octanol–water partition coefficient (Wildman–Crippen LogP) is 6.81. The summed E-state index contributed by atoms with van der Waals surface area (Å²) in [4.78, 5) is 5.96. The first kappa shape index (κ1) is 24.8. The Hall–Kier alpha value is -2.35. The van der Waals surface area contributed by atoms with Crippen molar-refractivity contribution in [2.45, 2.75) is 26.2 Å². The van der Waals surface area contributed by atoms with Crippen LogP contribution in [-0.4, -0.2) is 45.9 Å². The predicted molar refractivity (Wildman–Crippen MR) is 148 cm³/mol. The van der Waals surface area contributed by atoms with Crippen LogP contribution in [0.25, 0.3) is 22.2 Å². The Morgan fingerprint density at radius 3 is 2.76 bits per heavy atom. The molecule has 0 amide bonds. The number of ether oxygens (including phenoxy) is 1. The summed E-state index contributed by atoms with van der Waals surface area (Å²) < 4.78 is 8.59. The lowest BCUT2D eigenvalue weighted by atomic mass is 9.99. The molecule has 0 radical (unpaired) electrons. The maximum Gasteiger partial charge on any atom is 0.119 e. The number of aromatic amines is 1. The minimum atomic E-state index is 0. The first-order valence-electron chi connectivity index (χ1n) is 11.6. The molecule has 4 aromatic rings. The van der Waals surface area contributed by atoms with Crippen LogP contribution in [0.1, 0.15) is 30.9 Å². The van der Waals surface area contributed by atoms with E-state index in [1.165, 1.54) is 27.6 Å². The van der Waals surface area contributed by atoms with E-state index in [4.69, 9.17) is 4.74 Å². The van der Waals surface area contributed by atoms with Crippen LogP contribution in [0.2, 0.25) is 0 Å². The number of fused-ring (bicyclic) bond motifs is 1. The van der Waals surface area contributed by atoms with Gasteiger partial charge in [-0.2, -0.15) is 5.10 Å². The van der Waals surface area contributed by atoms with Gasteiger partial charge in [-0.1, -0.05) is 22.0 Å². The standard InChI is InChI=1S/C27H29BrN4O.BrH/c1-2-33-24-8-6-23(7-9-24)32-19-20(17-30-32)4-3-13-31-14-11-21(12-15-31)26-18-29-27-10-5-22(28)16-25(26)27;/h5-11,16-19,29H,2-4,12-15H2,1H3;1H. The highest BCUT2D eigenvalue weighted by Gasteiger charge is 2.15. The number of rotatable bonds is 8. The molecule has 0 aliphatic carbocycles. The van der Waals surface area contributed by atoms with Crippen LogP contribution in [-0.2, 0) is 6.42 Å². The van der Waals surface area contributed by atoms with Crippen LogP contribution in [0.15, 0.2) is 71.6 Å². The summed E-state index contributed by atoms with van der Waals surface area (Å²) in [6.45, 7) is 5.91. The van der Waals surface area contributed by atoms with Crippen LogP contribution >= 0.6 is 32.9 Å². The number of halogens is 2. The van der Waals surface area contributed by atoms with Gasteiger partial charge in [0.15, 0.2) is 0 Å². The third-order valence-corrected chi connectivity index (χ3v) is 6.76. The highest BCUT2D eigenvalue weighted by molar-refractivity contribution is 9.10. The molecule has 0 bridgehead atoms. The molecule has 1 aliphatic heterocycles. The summed E-state index contributed by atoms with van der Waals surface area (Å²) in [5.41, 5.74) is 6.33. The van der Waals surface area contributed by atoms with Gasteiger partial charge >= 0.3 is 0 Å². The zero-order chi connectivity index (χ0) is 22.6. The monoisotopic (exact) mass is 584 g/mol. The van der Waals surface area contributed by atoms with Gasteiger partial charge in [0.2, 0.25) is 0 Å². The average Bonchev–Trinajstić information content (AvgIpc) is 3.47. The second kappa shape index (κ2) is 11.4. The first-order chi connectivity index (χ1) is 16.2. The second-order valence-corrected chi connectivity index (χ2v) is 9.41. The van der Waals surface area contributed by atoms with Crippen LogP contribution < -0.4 is 4.74 Å². The number of nitrogens with zero attached hydrogens (tertiary/aromatic N) is 3. The Labute approximate surface area is 219 Å². The molecule has 0 saturated heterocycles. The van der Waals surface area contributed by atoms with E-state index in [9.17, 15) is 0 Å². The van der Waals surface area contributed by atoms with Crippen LogP contribution in [0, 0.1) is 0 Å². The largest absolute Gasteiger partial charge is 0.494 e. The van der Waals surface area contributed by atoms with Crippen molar-refractivity contribution in [3.8, 4) is 11.4 Å². The molecule has 0 atom stereocenters. The molecule has 7 heteroatoms. The van der Waals surface area contributed by atoms with Crippen molar-refractivity contribution < 1.29 is 4.74 Å². The Morgan fingerprint density at radius 1 is 1.15 bits per heavy atom. The lowest BCUT2D eigenvalue weighted by molar-refractivity contribution is 0.298. The zero-order valence-corrected chi connectivity index (χ0v) is 22.6. The third kappa shape index (κ3) is 5.65. The quantitative estimate of drug-likeness (QED) is 0.247. The van der Waals surface area contributed by atoms with Gasteiger partial charge < -0.3 is 9.72 Å². The molecular formula is C27H30Br2N4O. The van der Waals surface area contributed by atoms with E-state index in [0.717, 1.165) is 54.8 Å². The van der Waals surface area contributed by atoms with Crippen molar-refractivity contribution in [2.75, 3.05) is 26.2 Å². The Bertz CT molecular complexity index is 1260. The maximum absolute atomic E-state index is 5.52. The Kier molecular flexibility index (Phi) is 8.29. The van der Waals surface area contributed by atoms with Gasteiger partial charge in [-0.05, 0) is 86.3 Å². The van der Waals surface area contributed by atoms with Gasteiger partial charge in [-0.25, -0.2) is 4.68 Å². The van der Waals surface area contributed by atoms with Gasteiger partial charge in [0.05, 0.1) is 18.5 Å². The Balaban J connectivity index is 0.00000274. The maximum atomic E-state index is 5.52. The van der Waals surface area contributed by atoms with Crippen molar-refractivity contribution in [3.63, 3.8) is 0 Å². The molecule has 5 nitrogen and oxygen atoms in total. The lowest BCUT2D eigenvalue weighted by Gasteiger charge is -2.26. The number of aromatic nitrogens is 3. The van der Waals surface area contributed by atoms with E-state index in [2.05, 4.69) is 67.6 Å². The molecule has 34 heavy (non-hydrogen) atoms. The summed E-state index contributed by atoms with van der Waals surface area (Å²) in [7, 11) is 0. The molecule has 0 saturated carbocycles. The number of hydrogen-bond acceptors (Lipinski definition) is 3. The lowest BCUT2D eigenvalue weighted by Crippen LogP contribution is -2.29. The van der Waals surface area contributed by atoms with Gasteiger partial charge in [-0.15, -0.1) is 17.0 Å². The number of H-pyrrole nitrogens is 1. The van der Waals surface area contributed by atoms with Crippen molar-refractivity contribution >= 4 is 49.4 Å². The molecule has 5 rings (SSSR count). The normalized spacial score (nSPS) is 14.1. The minimum absolute atomic E-state index is 0. The highest BCUT2D eigenvalue weighted by Crippen LogP contribution is 2.31. The molecule has 0 unspecified atom stereocenters. The molecule has 2 aromatic heterocycles. The summed E-state index contributed by atoms with van der Waals surface area (Å²) >= 11 is 3.60. The summed E-state index contributed by atoms with van der Waals surface area (Å²) in [6, 6.07) is 14.5. The minimum Gasteiger partial charge on any atom is -0.494 e. The summed E-state index contributed by atoms with van der Waals surface area (Å²) in [6.07, 6.45) is 11.9. The van der Waals surface area contributed by atoms with E-state index in [-0.39, 0.29) is 17.0 Å². The SMILES string of the molecule is Br.CCOc1ccc(-n2cc(CCCN3CC=C(c4c[nH]c5ccc(Br)cc45)CC3)cn2)cc1. The number of aryl methyl sites for hydroxylation is 1. The first-order valence-corrected chi connectivity index (χ1v) is 12.4. The molecule has 2 aromatic carbocycles. The van der Waals surface area contributed by atoms with Gasteiger partial charge in [0.25, 0.3) is 0 Å². The molecule has 0 fully saturated rings. The second-order valence-electron chi connectivity index (χ2n) is 8.50. The smallest absolute Gasteiger partial charge is 0.119 e. The Morgan fingerprint density at radius 2 is 2.00 bits per heavy atom. The summed E-state index contributed by atoms with van der Waals surface area (Å²) in [5.74, 6) is 0.893. The molecule has 3 heterocycles.